The Balaban J connectivity index is 1.18. The molecule has 0 heterocycles. The number of rotatable bonds is 17. The number of benzene rings is 8. The van der Waals surface area contributed by atoms with Gasteiger partial charge in [0.1, 0.15) is 28.7 Å². The van der Waals surface area contributed by atoms with Gasteiger partial charge in [-0.15, -0.1) is 25.3 Å². The van der Waals surface area contributed by atoms with Gasteiger partial charge in [0.25, 0.3) is 0 Å². The molecule has 0 aliphatic heterocycles. The first kappa shape index (κ1) is 69.3. The van der Waals surface area contributed by atoms with E-state index in [2.05, 4.69) is 340 Å². The Morgan fingerprint density at radius 2 is 0.614 bits per heavy atom. The fourth-order valence-electron chi connectivity index (χ4n) is 10.4. The molecule has 8 aromatic carbocycles. The van der Waals surface area contributed by atoms with E-state index in [0.717, 1.165) is 98.9 Å². The molecule has 0 saturated heterocycles. The molecule has 5 N–H and O–H groups in total. The van der Waals surface area contributed by atoms with Gasteiger partial charge < -0.3 is 25.5 Å². The molecular formula is C64H56I10O7S2. The smallest absolute Gasteiger partial charge is 0.205 e. The largest absolute Gasteiger partial charge is 0.507 e. The zero-order valence-electron chi connectivity index (χ0n) is 45.9. The van der Waals surface area contributed by atoms with Crippen molar-refractivity contribution >= 4 is 251 Å². The van der Waals surface area contributed by atoms with Crippen molar-refractivity contribution in [1.29, 1.82) is 0 Å². The molecule has 0 atom stereocenters. The maximum atomic E-state index is 11.1. The number of phenols is 5. The van der Waals surface area contributed by atoms with Crippen molar-refractivity contribution < 1.29 is 35.3 Å². The zero-order chi connectivity index (χ0) is 61.2. The summed E-state index contributed by atoms with van der Waals surface area (Å²) in [6, 6.07) is 36.1. The molecule has 83 heavy (non-hydrogen) atoms. The van der Waals surface area contributed by atoms with Crippen LogP contribution in [0.2, 0.25) is 0 Å². The maximum absolute atomic E-state index is 11.1. The number of aromatic hydroxyl groups is 5. The molecule has 19 heteroatoms. The van der Waals surface area contributed by atoms with Gasteiger partial charge in [-0.3, -0.25) is 9.78 Å². The monoisotopic (exact) mass is 2270 g/mol. The van der Waals surface area contributed by atoms with Crippen molar-refractivity contribution in [1.82, 2.24) is 0 Å². The molecule has 0 saturated carbocycles. The van der Waals surface area contributed by atoms with Crippen LogP contribution in [0.15, 0.2) is 113 Å². The lowest BCUT2D eigenvalue weighted by Crippen LogP contribution is -2.30. The Labute approximate surface area is 634 Å². The molecular weight excluding hydrogens is 2210 g/mol. The van der Waals surface area contributed by atoms with Crippen LogP contribution in [0.3, 0.4) is 0 Å². The summed E-state index contributed by atoms with van der Waals surface area (Å²) in [6.07, 6.45) is 2.72. The molecule has 8 rings (SSSR count). The minimum absolute atomic E-state index is 0.133. The van der Waals surface area contributed by atoms with E-state index >= 15 is 0 Å². The molecule has 0 aliphatic carbocycles. The van der Waals surface area contributed by atoms with Crippen LogP contribution in [-0.2, 0) is 34.5 Å². The first-order chi connectivity index (χ1) is 38.7. The summed E-state index contributed by atoms with van der Waals surface area (Å²) in [6.45, 7) is 17.4. The molecule has 436 valence electrons. The normalized spacial score (nSPS) is 12.3. The minimum Gasteiger partial charge on any atom is -0.507 e. The van der Waals surface area contributed by atoms with Crippen LogP contribution in [-0.4, -0.2) is 25.5 Å². The second kappa shape index (κ2) is 27.7. The van der Waals surface area contributed by atoms with E-state index < -0.39 is 21.7 Å². The van der Waals surface area contributed by atoms with Crippen LogP contribution in [0.5, 0.6) is 40.2 Å². The predicted octanol–water partition coefficient (Wildman–Crippen LogP) is 21.4. The summed E-state index contributed by atoms with van der Waals surface area (Å²) in [4.78, 5) is 13.9. The van der Waals surface area contributed by atoms with E-state index in [9.17, 15) is 25.5 Å². The van der Waals surface area contributed by atoms with E-state index in [0.29, 0.717) is 56.3 Å². The topological polar surface area (TPSA) is 120 Å². The Kier molecular flexibility index (Phi) is 23.1. The van der Waals surface area contributed by atoms with Gasteiger partial charge in [-0.1, -0.05) is 71.9 Å². The second-order valence-corrected chi connectivity index (χ2v) is 35.0. The van der Waals surface area contributed by atoms with Crippen molar-refractivity contribution in [2.24, 2.45) is 0 Å². The molecule has 8 aromatic rings. The lowest BCUT2D eigenvalue weighted by atomic mass is 9.67. The van der Waals surface area contributed by atoms with Crippen LogP contribution in [0.4, 0.5) is 0 Å². The standard InChI is InChI=1S/C64H56I10O7S2/c1-30-13-34(22-46(69)54(30)75)61(3,4)35-19-36(62(5,6)38-23-47(70)57(78)48(71)24-38)21-37(20-35)63(7,8)39-25-51(74)60(53(83)28-39)81-80-59-31(2)14-40(27-50(59)73)64(41-26-49(72)58(79)52(82)29-41,11-9-32-15-42(65)55(76)43(66)16-32)12-10-33-17-44(67)56(77)45(68)18-33/h13-29,75-79,82-83H,9-12H2,1-8H3. The third-order valence-electron chi connectivity index (χ3n) is 16.0. The third-order valence-corrected chi connectivity index (χ3v) is 24.8. The Morgan fingerprint density at radius 1 is 0.325 bits per heavy atom. The molecule has 0 aliphatic rings. The highest BCUT2D eigenvalue weighted by molar-refractivity contribution is 14.1. The quantitative estimate of drug-likeness (QED) is 0.0210. The van der Waals surface area contributed by atoms with Gasteiger partial charge in [0.05, 0.1) is 40.6 Å². The van der Waals surface area contributed by atoms with E-state index in [1.54, 1.807) is 0 Å². The van der Waals surface area contributed by atoms with Crippen molar-refractivity contribution in [2.75, 3.05) is 0 Å². The average Bonchev–Trinajstić information content (AvgIpc) is 2.15. The lowest BCUT2D eigenvalue weighted by Gasteiger charge is -2.37. The van der Waals surface area contributed by atoms with Crippen LogP contribution < -0.4 is 9.78 Å². The van der Waals surface area contributed by atoms with Gasteiger partial charge in [0.2, 0.25) is 5.75 Å². The van der Waals surface area contributed by atoms with E-state index in [1.165, 1.54) is 0 Å². The predicted molar refractivity (Wildman–Crippen MR) is 426 cm³/mol. The van der Waals surface area contributed by atoms with Crippen molar-refractivity contribution in [3.05, 3.63) is 206 Å². The molecule has 0 aromatic heterocycles. The van der Waals surface area contributed by atoms with Gasteiger partial charge in [0.15, 0.2) is 5.75 Å². The third kappa shape index (κ3) is 14.8. The molecule has 0 spiro atoms. The fourth-order valence-corrected chi connectivity index (χ4v) is 19.9. The Hall–Kier alpha value is 0.360. The molecule has 0 unspecified atom stereocenters. The van der Waals surface area contributed by atoms with Gasteiger partial charge in [-0.2, -0.15) is 0 Å². The maximum Gasteiger partial charge on any atom is 0.205 e. The van der Waals surface area contributed by atoms with Crippen LogP contribution in [0.1, 0.15) is 121 Å². The van der Waals surface area contributed by atoms with Crippen molar-refractivity contribution in [3.63, 3.8) is 0 Å². The highest BCUT2D eigenvalue weighted by atomic mass is 127. The van der Waals surface area contributed by atoms with Crippen LogP contribution in [0.25, 0.3) is 0 Å². The first-order valence-electron chi connectivity index (χ1n) is 25.8. The molecule has 0 amide bonds. The van der Waals surface area contributed by atoms with Crippen LogP contribution >= 0.6 is 251 Å². The van der Waals surface area contributed by atoms with E-state index in [4.69, 9.17) is 35.0 Å². The number of halogens is 10. The Morgan fingerprint density at radius 3 is 1.02 bits per heavy atom. The first-order valence-corrected chi connectivity index (χ1v) is 37.4. The fraction of sp³-hybridized carbons (Fsp3) is 0.250. The Bertz CT molecular complexity index is 3570. The summed E-state index contributed by atoms with van der Waals surface area (Å²) in [5.74, 6) is 2.33. The average molecular weight is 2270 g/mol. The summed E-state index contributed by atoms with van der Waals surface area (Å²) in [7, 11) is 0. The number of thiol groups is 2. The molecule has 0 fully saturated rings. The van der Waals surface area contributed by atoms with Gasteiger partial charge in [0, 0.05) is 26.6 Å². The number of phenolic OH excluding ortho intramolecular Hbond substituents is 5. The lowest BCUT2D eigenvalue weighted by molar-refractivity contribution is -0.105. The van der Waals surface area contributed by atoms with Gasteiger partial charge in [-0.25, -0.2) is 0 Å². The molecule has 0 bridgehead atoms. The summed E-state index contributed by atoms with van der Waals surface area (Å²) < 4.78 is 7.92. The SMILES string of the molecule is Cc1cc(C(C)(C)c2cc(C(C)(C)c3cc(I)c(O)c(I)c3)cc(C(C)(C)c3cc(S)c(OOc4c(C)cc(C(CCc5cc(I)c(O)c(I)c5)(CCc5cc(I)c(O)c(I)c5)c5cc(S)c(O)c(I)c5)cc4I)c(I)c3)c2)cc(I)c1O. The van der Waals surface area contributed by atoms with E-state index in [-0.39, 0.29) is 23.0 Å². The number of hydrogen-bond acceptors (Lipinski definition) is 9. The van der Waals surface area contributed by atoms with Gasteiger partial charge >= 0.3 is 0 Å². The van der Waals surface area contributed by atoms with E-state index in [1.807, 2.05) is 44.2 Å². The summed E-state index contributed by atoms with van der Waals surface area (Å²) in [5.41, 5.74) is 10.5. The highest BCUT2D eigenvalue weighted by Gasteiger charge is 2.38. The molecule has 7 nitrogen and oxygen atoms in total. The van der Waals surface area contributed by atoms with Gasteiger partial charge in [-0.05, 0) is 405 Å². The van der Waals surface area contributed by atoms with Crippen molar-refractivity contribution in [2.45, 2.75) is 113 Å². The zero-order valence-corrected chi connectivity index (χ0v) is 69.2. The highest BCUT2D eigenvalue weighted by Crippen LogP contribution is 2.49. The summed E-state index contributed by atoms with van der Waals surface area (Å²) >= 11 is 32.2. The second-order valence-electron chi connectivity index (χ2n) is 22.4. The minimum atomic E-state index is -0.632. The number of hydrogen-bond donors (Lipinski definition) is 7. The number of aryl methyl sites for hydroxylation is 4. The molecule has 0 radical (unpaired) electrons. The summed E-state index contributed by atoms with van der Waals surface area (Å²) in [5, 5.41) is 54.2. The van der Waals surface area contributed by atoms with Crippen LogP contribution in [0, 0.1) is 49.5 Å². The van der Waals surface area contributed by atoms with Crippen molar-refractivity contribution in [3.8, 4) is 40.2 Å².